The van der Waals surface area contributed by atoms with Gasteiger partial charge in [0.1, 0.15) is 0 Å². The molecule has 1 saturated heterocycles. The lowest BCUT2D eigenvalue weighted by Gasteiger charge is -2.34. The van der Waals surface area contributed by atoms with Crippen molar-refractivity contribution in [2.45, 2.75) is 39.2 Å². The Balaban J connectivity index is 2.00. The van der Waals surface area contributed by atoms with Gasteiger partial charge in [-0.05, 0) is 37.4 Å². The molecule has 1 N–H and O–H groups in total. The zero-order chi connectivity index (χ0) is 13.7. The Hall–Kier alpha value is -0.870. The fourth-order valence-corrected chi connectivity index (χ4v) is 3.38. The van der Waals surface area contributed by atoms with E-state index >= 15 is 0 Å². The van der Waals surface area contributed by atoms with Crippen LogP contribution in [0.2, 0.25) is 0 Å². The molecule has 106 valence electrons. The summed E-state index contributed by atoms with van der Waals surface area (Å²) in [7, 11) is 0. The van der Waals surface area contributed by atoms with Gasteiger partial charge in [-0.3, -0.25) is 9.69 Å². The van der Waals surface area contributed by atoms with Crippen molar-refractivity contribution in [3.05, 3.63) is 22.4 Å². The maximum absolute atomic E-state index is 11.8. The fraction of sp³-hybridized carbons (Fsp3) is 0.667. The second-order valence-electron chi connectivity index (χ2n) is 5.53. The van der Waals surface area contributed by atoms with Crippen molar-refractivity contribution < 1.29 is 4.79 Å². The molecule has 1 aliphatic heterocycles. The smallest absolute Gasteiger partial charge is 0.222 e. The van der Waals surface area contributed by atoms with Crippen molar-refractivity contribution in [2.24, 2.45) is 5.92 Å². The molecule has 1 fully saturated rings. The van der Waals surface area contributed by atoms with Gasteiger partial charge in [-0.25, -0.2) is 0 Å². The minimum Gasteiger partial charge on any atom is -0.354 e. The van der Waals surface area contributed by atoms with Gasteiger partial charge in [0.05, 0.1) is 6.04 Å². The lowest BCUT2D eigenvalue weighted by Crippen LogP contribution is -2.41. The van der Waals surface area contributed by atoms with Crippen molar-refractivity contribution in [1.29, 1.82) is 0 Å². The second kappa shape index (κ2) is 7.06. The van der Waals surface area contributed by atoms with Gasteiger partial charge in [0.25, 0.3) is 0 Å². The third-order valence-electron chi connectivity index (χ3n) is 3.70. The molecule has 19 heavy (non-hydrogen) atoms. The zero-order valence-corrected chi connectivity index (χ0v) is 12.7. The lowest BCUT2D eigenvalue weighted by atomic mass is 10.1. The van der Waals surface area contributed by atoms with Crippen LogP contribution in [0.15, 0.2) is 17.5 Å². The zero-order valence-electron chi connectivity index (χ0n) is 11.9. The van der Waals surface area contributed by atoms with Crippen LogP contribution in [0.25, 0.3) is 0 Å². The average Bonchev–Trinajstić information content (AvgIpc) is 2.94. The van der Waals surface area contributed by atoms with Crippen molar-refractivity contribution in [3.63, 3.8) is 0 Å². The van der Waals surface area contributed by atoms with Gasteiger partial charge in [-0.15, -0.1) is 11.3 Å². The van der Waals surface area contributed by atoms with Crippen LogP contribution >= 0.6 is 11.3 Å². The van der Waals surface area contributed by atoms with E-state index in [1.54, 1.807) is 11.3 Å². The first-order chi connectivity index (χ1) is 9.18. The van der Waals surface area contributed by atoms with E-state index in [0.717, 1.165) is 19.6 Å². The number of thiophene rings is 1. The molecule has 2 rings (SSSR count). The van der Waals surface area contributed by atoms with Crippen molar-refractivity contribution in [3.8, 4) is 0 Å². The monoisotopic (exact) mass is 280 g/mol. The summed E-state index contributed by atoms with van der Waals surface area (Å²) >= 11 is 1.79. The van der Waals surface area contributed by atoms with Crippen molar-refractivity contribution in [1.82, 2.24) is 10.2 Å². The average molecular weight is 280 g/mol. The molecule has 0 saturated carbocycles. The highest BCUT2D eigenvalue weighted by Gasteiger charge is 2.23. The molecule has 1 aliphatic rings. The summed E-state index contributed by atoms with van der Waals surface area (Å²) < 4.78 is 0. The SMILES string of the molecule is CC(C)C(=O)NCC(c1cccs1)N1CCCCC1. The Labute approximate surface area is 120 Å². The van der Waals surface area contributed by atoms with Gasteiger partial charge in [-0.1, -0.05) is 26.3 Å². The van der Waals surface area contributed by atoms with Gasteiger partial charge in [0.15, 0.2) is 0 Å². The first-order valence-corrected chi connectivity index (χ1v) is 8.11. The summed E-state index contributed by atoms with van der Waals surface area (Å²) in [6, 6.07) is 4.63. The molecule has 0 bridgehead atoms. The van der Waals surface area contributed by atoms with Gasteiger partial charge in [0.2, 0.25) is 5.91 Å². The molecule has 1 aromatic rings. The summed E-state index contributed by atoms with van der Waals surface area (Å²) in [4.78, 5) is 15.7. The summed E-state index contributed by atoms with van der Waals surface area (Å²) in [5.41, 5.74) is 0. The molecule has 0 radical (unpaired) electrons. The number of nitrogens with one attached hydrogen (secondary N) is 1. The molecule has 3 nitrogen and oxygen atoms in total. The van der Waals surface area contributed by atoms with E-state index < -0.39 is 0 Å². The molecule has 0 aromatic carbocycles. The minimum absolute atomic E-state index is 0.0605. The number of rotatable bonds is 5. The van der Waals surface area contributed by atoms with E-state index in [2.05, 4.69) is 27.7 Å². The number of piperidine rings is 1. The topological polar surface area (TPSA) is 32.3 Å². The number of carbonyl (C=O) groups is 1. The number of amides is 1. The van der Waals surface area contributed by atoms with E-state index in [-0.39, 0.29) is 11.8 Å². The van der Waals surface area contributed by atoms with Crippen LogP contribution in [0.3, 0.4) is 0 Å². The molecule has 1 atom stereocenters. The Kier molecular flexibility index (Phi) is 5.40. The third kappa shape index (κ3) is 4.05. The van der Waals surface area contributed by atoms with Crippen LogP contribution in [0.5, 0.6) is 0 Å². The minimum atomic E-state index is 0.0605. The van der Waals surface area contributed by atoms with Crippen LogP contribution in [0.1, 0.15) is 44.0 Å². The van der Waals surface area contributed by atoms with Crippen LogP contribution in [0, 0.1) is 5.92 Å². The highest BCUT2D eigenvalue weighted by atomic mass is 32.1. The standard InChI is InChI=1S/C15H24N2OS/c1-12(2)15(18)16-11-13(14-7-6-10-19-14)17-8-4-3-5-9-17/h6-7,10,12-13H,3-5,8-9,11H2,1-2H3,(H,16,18). The van der Waals surface area contributed by atoms with E-state index in [4.69, 9.17) is 0 Å². The van der Waals surface area contributed by atoms with Crippen LogP contribution in [0.4, 0.5) is 0 Å². The van der Waals surface area contributed by atoms with Gasteiger partial charge >= 0.3 is 0 Å². The molecular formula is C15H24N2OS. The number of carbonyl (C=O) groups excluding carboxylic acids is 1. The fourth-order valence-electron chi connectivity index (χ4n) is 2.52. The normalized spacial score (nSPS) is 18.5. The molecule has 0 spiro atoms. The van der Waals surface area contributed by atoms with Gasteiger partial charge in [-0.2, -0.15) is 0 Å². The summed E-state index contributed by atoms with van der Waals surface area (Å²) in [5.74, 6) is 0.212. The van der Waals surface area contributed by atoms with Crippen molar-refractivity contribution >= 4 is 17.2 Å². The number of hydrogen-bond acceptors (Lipinski definition) is 3. The first kappa shape index (κ1) is 14.5. The van der Waals surface area contributed by atoms with E-state index in [1.165, 1.54) is 24.1 Å². The largest absolute Gasteiger partial charge is 0.354 e. The van der Waals surface area contributed by atoms with E-state index in [1.807, 2.05) is 13.8 Å². The molecular weight excluding hydrogens is 256 g/mol. The number of nitrogens with zero attached hydrogens (tertiary/aromatic N) is 1. The molecule has 2 heterocycles. The molecule has 1 unspecified atom stereocenters. The first-order valence-electron chi connectivity index (χ1n) is 7.23. The summed E-state index contributed by atoms with van der Waals surface area (Å²) in [5, 5.41) is 5.22. The number of likely N-dealkylation sites (tertiary alicyclic amines) is 1. The maximum atomic E-state index is 11.8. The molecule has 4 heteroatoms. The maximum Gasteiger partial charge on any atom is 0.222 e. The second-order valence-corrected chi connectivity index (χ2v) is 6.51. The Morgan fingerprint density at radius 2 is 2.11 bits per heavy atom. The quantitative estimate of drug-likeness (QED) is 0.899. The number of hydrogen-bond donors (Lipinski definition) is 1. The van der Waals surface area contributed by atoms with Crippen LogP contribution < -0.4 is 5.32 Å². The molecule has 1 amide bonds. The van der Waals surface area contributed by atoms with Crippen LogP contribution in [-0.4, -0.2) is 30.4 Å². The van der Waals surface area contributed by atoms with E-state index in [9.17, 15) is 4.79 Å². The Bertz CT molecular complexity index is 383. The van der Waals surface area contributed by atoms with Gasteiger partial charge in [0, 0.05) is 17.3 Å². The Morgan fingerprint density at radius 1 is 1.37 bits per heavy atom. The van der Waals surface area contributed by atoms with Crippen LogP contribution in [-0.2, 0) is 4.79 Å². The predicted molar refractivity (Wildman–Crippen MR) is 80.3 cm³/mol. The van der Waals surface area contributed by atoms with Crippen molar-refractivity contribution in [2.75, 3.05) is 19.6 Å². The van der Waals surface area contributed by atoms with Gasteiger partial charge < -0.3 is 5.32 Å². The molecule has 1 aromatic heterocycles. The Morgan fingerprint density at radius 3 is 2.68 bits per heavy atom. The highest BCUT2D eigenvalue weighted by molar-refractivity contribution is 7.10. The summed E-state index contributed by atoms with van der Waals surface area (Å²) in [6.45, 7) is 6.92. The predicted octanol–water partition coefficient (Wildman–Crippen LogP) is 3.05. The third-order valence-corrected chi connectivity index (χ3v) is 4.67. The molecule has 0 aliphatic carbocycles. The summed E-state index contributed by atoms with van der Waals surface area (Å²) in [6.07, 6.45) is 3.89. The highest BCUT2D eigenvalue weighted by Crippen LogP contribution is 2.27. The van der Waals surface area contributed by atoms with E-state index in [0.29, 0.717) is 6.04 Å². The lowest BCUT2D eigenvalue weighted by molar-refractivity contribution is -0.124.